The first-order valence-corrected chi connectivity index (χ1v) is 40.3. The fraction of sp³-hybridized carbons (Fsp3) is 0.192. The molecule has 0 saturated heterocycles. The molecule has 0 spiro atoms. The first kappa shape index (κ1) is 71.7. The van der Waals surface area contributed by atoms with Gasteiger partial charge in [-0.15, -0.1) is 0 Å². The molecule has 0 aliphatic heterocycles. The van der Waals surface area contributed by atoms with Gasteiger partial charge in [0.2, 0.25) is 0 Å². The van der Waals surface area contributed by atoms with Crippen LogP contribution in [0, 0.1) is 0 Å². The zero-order valence-electron chi connectivity index (χ0n) is 56.7. The summed E-state index contributed by atoms with van der Waals surface area (Å²) in [6.07, 6.45) is 26.9. The van der Waals surface area contributed by atoms with Gasteiger partial charge in [0.15, 0.2) is 6.29 Å². The Hall–Kier alpha value is -11.1. The SMILES string of the molecule is C.C(=N\n1cccc1)/c1[nH]nc2ccc(-c3cncc4ccccc34)cc12.C[Si](C)(C)CCOCn1nc(/C=N/n2cccc2)c2cc(-c3cncc4ccccc34)ccc21.C[Si](C)(C)CCOCn1nc(C=O)c2cc(-c3cncc4ccccc34)ccc21.NCCN.Nn1cccc1. The largest absolute Gasteiger partial charge is 0.360 e. The van der Waals surface area contributed by atoms with E-state index in [4.69, 9.17) is 31.9 Å². The van der Waals surface area contributed by atoms with Gasteiger partial charge in [0.05, 0.1) is 34.7 Å². The molecule has 7 N–H and O–H groups in total. The van der Waals surface area contributed by atoms with Crippen molar-refractivity contribution in [3.8, 4) is 33.4 Å². The molecule has 15 aromatic rings. The van der Waals surface area contributed by atoms with Crippen LogP contribution in [0.4, 0.5) is 0 Å². The van der Waals surface area contributed by atoms with Crippen molar-refractivity contribution in [2.75, 3.05) is 32.1 Å². The van der Waals surface area contributed by atoms with Crippen LogP contribution in [-0.4, -0.2) is 120 Å². The number of hydrogen-bond acceptors (Lipinski definition) is 14. The number of fused-ring (bicyclic) bond motifs is 6. The van der Waals surface area contributed by atoms with Gasteiger partial charge in [0, 0.05) is 166 Å². The van der Waals surface area contributed by atoms with Gasteiger partial charge >= 0.3 is 0 Å². The Kier molecular flexibility index (Phi) is 24.3. The number of nitrogens with one attached hydrogen (secondary N) is 1. The molecule has 0 fully saturated rings. The molecule has 0 radical (unpaired) electrons. The van der Waals surface area contributed by atoms with Crippen molar-refractivity contribution in [3.63, 3.8) is 0 Å². The summed E-state index contributed by atoms with van der Waals surface area (Å²) in [5.41, 5.74) is 21.3. The number of aromatic nitrogens is 12. The number of nitrogens with zero attached hydrogens (tertiary/aromatic N) is 13. The number of rotatable bonds is 19. The summed E-state index contributed by atoms with van der Waals surface area (Å²) in [5.74, 6) is 5.19. The number of pyridine rings is 3. The van der Waals surface area contributed by atoms with Gasteiger partial charge in [-0.25, -0.2) is 18.7 Å². The number of carbonyl (C=O) groups is 1. The highest BCUT2D eigenvalue weighted by Gasteiger charge is 2.18. The number of hydrogen-bond donors (Lipinski definition) is 4. The lowest BCUT2D eigenvalue weighted by atomic mass is 9.99. The van der Waals surface area contributed by atoms with Crippen LogP contribution in [0.5, 0.6) is 0 Å². The van der Waals surface area contributed by atoms with Gasteiger partial charge in [0.25, 0.3) is 0 Å². The van der Waals surface area contributed by atoms with Crippen LogP contribution in [0.2, 0.25) is 51.4 Å². The molecule has 0 bridgehead atoms. The van der Waals surface area contributed by atoms with Crippen molar-refractivity contribution in [1.82, 2.24) is 58.7 Å². The van der Waals surface area contributed by atoms with E-state index in [9.17, 15) is 4.79 Å². The smallest absolute Gasteiger partial charge is 0.170 e. The second kappa shape index (κ2) is 33.9. The number of nitrogen functional groups attached to an aromatic ring is 1. The minimum absolute atomic E-state index is 0. The molecule has 100 heavy (non-hydrogen) atoms. The average Bonchev–Trinajstić information content (AvgIpc) is 1.69. The lowest BCUT2D eigenvalue weighted by molar-refractivity contribution is 0.0812. The van der Waals surface area contributed by atoms with Gasteiger partial charge in [-0.3, -0.25) is 29.5 Å². The van der Waals surface area contributed by atoms with Crippen LogP contribution in [0.1, 0.15) is 29.3 Å². The van der Waals surface area contributed by atoms with E-state index in [0.717, 1.165) is 124 Å². The fourth-order valence-corrected chi connectivity index (χ4v) is 12.4. The summed E-state index contributed by atoms with van der Waals surface area (Å²) >= 11 is 0. The summed E-state index contributed by atoms with van der Waals surface area (Å²) in [6, 6.07) is 57.3. The van der Waals surface area contributed by atoms with E-state index in [0.29, 0.717) is 38.9 Å². The molecule has 22 heteroatoms. The minimum atomic E-state index is -1.14. The Morgan fingerprint density at radius 3 is 1.29 bits per heavy atom. The zero-order chi connectivity index (χ0) is 69.1. The number of carbonyl (C=O) groups excluding carboxylic acids is 1. The molecule has 20 nitrogen and oxygen atoms in total. The Morgan fingerprint density at radius 2 is 0.870 bits per heavy atom. The van der Waals surface area contributed by atoms with Crippen LogP contribution in [0.25, 0.3) is 98.4 Å². The van der Waals surface area contributed by atoms with Gasteiger partial charge in [0.1, 0.15) is 24.8 Å². The van der Waals surface area contributed by atoms with E-state index < -0.39 is 16.1 Å². The van der Waals surface area contributed by atoms with Crippen LogP contribution in [0.3, 0.4) is 0 Å². The maximum Gasteiger partial charge on any atom is 0.170 e. The van der Waals surface area contributed by atoms with Gasteiger partial charge in [-0.05, 0) is 118 Å². The molecule has 0 saturated carbocycles. The van der Waals surface area contributed by atoms with Crippen LogP contribution in [-0.2, 0) is 22.9 Å². The van der Waals surface area contributed by atoms with Gasteiger partial charge in [-0.1, -0.05) is 138 Å². The topological polar surface area (TPSA) is 256 Å². The lowest BCUT2D eigenvalue weighted by Gasteiger charge is -2.15. The van der Waals surface area contributed by atoms with Crippen molar-refractivity contribution < 1.29 is 14.3 Å². The van der Waals surface area contributed by atoms with E-state index in [-0.39, 0.29) is 7.43 Å². The number of nitrogens with two attached hydrogens (primary N) is 3. The second-order valence-corrected chi connectivity index (χ2v) is 37.2. The monoisotopic (exact) mass is 1370 g/mol. The minimum Gasteiger partial charge on any atom is -0.360 e. The van der Waals surface area contributed by atoms with Crippen molar-refractivity contribution in [2.45, 2.75) is 72.3 Å². The van der Waals surface area contributed by atoms with E-state index in [1.165, 1.54) is 15.4 Å². The Labute approximate surface area is 584 Å². The fourth-order valence-electron chi connectivity index (χ4n) is 10.9. The molecule has 9 heterocycles. The number of aldehydes is 1. The summed E-state index contributed by atoms with van der Waals surface area (Å²) < 4.78 is 20.6. The average molecular weight is 1370 g/mol. The van der Waals surface area contributed by atoms with Crippen LogP contribution in [0.15, 0.2) is 248 Å². The standard InChI is InChI=1S/C27H29N5OSi.C23H25N3O2Si.C21H15N5.C4H6N2.C2H8N2.CH4/c1-34(2,3)15-14-33-20-32-27-11-10-21(25-18-28-17-22-8-4-5-9-23(22)25)16-24(27)26(30-32)19-29-31-12-6-7-13-31;1-29(2,3)11-10-28-16-26-23-9-8-17(12-20(23)22(15-27)25-26)21-14-24-13-18-6-4-5-7-19(18)21;1-2-6-17-16(5-1)12-22-13-19(17)15-7-8-20-18(11-15)21(25-24-20)14-23-26-9-3-4-10-26;5-6-3-1-2-4-6;3-1-2-4;/h4-13,16-19H,14-15,20H2,1-3H3;4-9,12-15H,10-11,16H2,1-3H3;1-14H,(H,24,25);1-4H,5H2;1-4H2;1H4/b29-19+;;23-14+;;;. The highest BCUT2D eigenvalue weighted by atomic mass is 28.3. The molecule has 0 amide bonds. The highest BCUT2D eigenvalue weighted by molar-refractivity contribution is 6.76. The number of ether oxygens (including phenoxy) is 2. The third kappa shape index (κ3) is 18.5. The first-order chi connectivity index (χ1) is 48.1. The predicted octanol–water partition coefficient (Wildman–Crippen LogP) is 15.8. The number of aromatic amines is 1. The lowest BCUT2D eigenvalue weighted by Crippen LogP contribution is -2.22. The maximum atomic E-state index is 11.6. The van der Waals surface area contributed by atoms with Crippen molar-refractivity contribution in [3.05, 3.63) is 255 Å². The maximum absolute atomic E-state index is 11.6. The van der Waals surface area contributed by atoms with Crippen LogP contribution >= 0.6 is 0 Å². The summed E-state index contributed by atoms with van der Waals surface area (Å²) in [5, 5.41) is 35.5. The summed E-state index contributed by atoms with van der Waals surface area (Å²) in [4.78, 5) is 24.9. The normalized spacial score (nSPS) is 11.5. The van der Waals surface area contributed by atoms with Gasteiger partial charge < -0.3 is 26.8 Å². The second-order valence-electron chi connectivity index (χ2n) is 26.0. The highest BCUT2D eigenvalue weighted by Crippen LogP contribution is 2.34. The Morgan fingerprint density at radius 1 is 0.470 bits per heavy atom. The first-order valence-electron chi connectivity index (χ1n) is 32.9. The molecule has 9 aromatic heterocycles. The zero-order valence-corrected chi connectivity index (χ0v) is 58.7. The number of benzene rings is 6. The van der Waals surface area contributed by atoms with E-state index in [1.807, 2.05) is 152 Å². The molecule has 0 aliphatic rings. The Bertz CT molecular complexity index is 5140. The van der Waals surface area contributed by atoms with E-state index in [1.54, 1.807) is 32.6 Å². The molecule has 6 aromatic carbocycles. The van der Waals surface area contributed by atoms with Gasteiger partial charge in [-0.2, -0.15) is 25.5 Å². The van der Waals surface area contributed by atoms with E-state index >= 15 is 0 Å². The molecular weight excluding hydrogens is 1280 g/mol. The van der Waals surface area contributed by atoms with E-state index in [2.05, 4.69) is 165 Å². The molecule has 0 unspecified atom stereocenters. The molecule has 0 aliphatic carbocycles. The van der Waals surface area contributed by atoms with Crippen LogP contribution < -0.4 is 17.3 Å². The number of H-pyrrole nitrogens is 1. The third-order valence-electron chi connectivity index (χ3n) is 16.2. The third-order valence-corrected chi connectivity index (χ3v) is 19.6. The summed E-state index contributed by atoms with van der Waals surface area (Å²) in [6.45, 7) is 17.5. The Balaban J connectivity index is 0.000000151. The van der Waals surface area contributed by atoms with Crippen molar-refractivity contribution in [1.29, 1.82) is 0 Å². The molecule has 510 valence electrons. The predicted molar refractivity (Wildman–Crippen MR) is 416 cm³/mol. The molecule has 15 rings (SSSR count). The molecular formula is C78H87N17O3Si2. The molecule has 0 atom stereocenters. The quantitative estimate of drug-likeness (QED) is 0.0194. The summed E-state index contributed by atoms with van der Waals surface area (Å²) in [7, 11) is -2.27. The van der Waals surface area contributed by atoms with Crippen molar-refractivity contribution in [2.24, 2.45) is 21.7 Å². The van der Waals surface area contributed by atoms with Crippen molar-refractivity contribution >= 4 is 99.9 Å².